The Morgan fingerprint density at radius 1 is 1.19 bits per heavy atom. The molecule has 4 nitrogen and oxygen atoms in total. The maximum Gasteiger partial charge on any atom is 0.222 e. The third-order valence-corrected chi connectivity index (χ3v) is 3.26. The number of nitrogens with two attached hydrogens (primary N) is 1. The average Bonchev–Trinajstić information content (AvgIpc) is 2.54. The SMILES string of the molecule is COc1cccc(CNC(=O)CC(N)c2ccccc2)c1. The van der Waals surface area contributed by atoms with Gasteiger partial charge in [-0.3, -0.25) is 4.79 Å². The van der Waals surface area contributed by atoms with Gasteiger partial charge in [-0.05, 0) is 23.3 Å². The zero-order chi connectivity index (χ0) is 15.1. The standard InChI is InChI=1S/C17H20N2O2/c1-21-15-9-5-6-13(10-15)12-19-17(20)11-16(18)14-7-3-2-4-8-14/h2-10,16H,11-12,18H2,1H3,(H,19,20). The van der Waals surface area contributed by atoms with Crippen molar-refractivity contribution in [3.63, 3.8) is 0 Å². The molecule has 0 aliphatic carbocycles. The van der Waals surface area contributed by atoms with E-state index >= 15 is 0 Å². The molecule has 110 valence electrons. The molecule has 0 spiro atoms. The second kappa shape index (κ2) is 7.45. The molecule has 21 heavy (non-hydrogen) atoms. The van der Waals surface area contributed by atoms with Gasteiger partial charge in [-0.25, -0.2) is 0 Å². The molecular weight excluding hydrogens is 264 g/mol. The fourth-order valence-electron chi connectivity index (χ4n) is 2.07. The maximum absolute atomic E-state index is 11.9. The first-order valence-electron chi connectivity index (χ1n) is 6.89. The molecule has 0 aromatic heterocycles. The summed E-state index contributed by atoms with van der Waals surface area (Å²) in [6, 6.07) is 17.0. The Morgan fingerprint density at radius 3 is 2.67 bits per heavy atom. The van der Waals surface area contributed by atoms with E-state index in [-0.39, 0.29) is 18.4 Å². The molecule has 1 unspecified atom stereocenters. The maximum atomic E-state index is 11.9. The summed E-state index contributed by atoms with van der Waals surface area (Å²) in [5, 5.41) is 2.88. The Morgan fingerprint density at radius 2 is 1.95 bits per heavy atom. The summed E-state index contributed by atoms with van der Waals surface area (Å²) in [7, 11) is 1.62. The van der Waals surface area contributed by atoms with Gasteiger partial charge in [-0.15, -0.1) is 0 Å². The molecule has 0 bridgehead atoms. The summed E-state index contributed by atoms with van der Waals surface area (Å²) in [6.45, 7) is 0.470. The highest BCUT2D eigenvalue weighted by atomic mass is 16.5. The average molecular weight is 284 g/mol. The van der Waals surface area contributed by atoms with Crippen LogP contribution in [-0.4, -0.2) is 13.0 Å². The zero-order valence-electron chi connectivity index (χ0n) is 12.1. The molecule has 3 N–H and O–H groups in total. The van der Waals surface area contributed by atoms with Crippen molar-refractivity contribution in [3.05, 3.63) is 65.7 Å². The first-order valence-corrected chi connectivity index (χ1v) is 6.89. The van der Waals surface area contributed by atoms with Gasteiger partial charge in [0.15, 0.2) is 0 Å². The van der Waals surface area contributed by atoms with Crippen molar-refractivity contribution in [1.29, 1.82) is 0 Å². The highest BCUT2D eigenvalue weighted by molar-refractivity contribution is 5.76. The minimum atomic E-state index is -0.281. The number of carbonyl (C=O) groups is 1. The van der Waals surface area contributed by atoms with Crippen LogP contribution in [0.4, 0.5) is 0 Å². The van der Waals surface area contributed by atoms with E-state index in [4.69, 9.17) is 10.5 Å². The topological polar surface area (TPSA) is 64.3 Å². The van der Waals surface area contributed by atoms with Crippen LogP contribution in [0.15, 0.2) is 54.6 Å². The van der Waals surface area contributed by atoms with E-state index in [1.807, 2.05) is 54.6 Å². The number of benzene rings is 2. The van der Waals surface area contributed by atoms with Crippen molar-refractivity contribution < 1.29 is 9.53 Å². The van der Waals surface area contributed by atoms with Crippen LogP contribution in [0.1, 0.15) is 23.6 Å². The Hall–Kier alpha value is -2.33. The van der Waals surface area contributed by atoms with E-state index in [0.717, 1.165) is 16.9 Å². The Kier molecular flexibility index (Phi) is 5.35. The third-order valence-electron chi connectivity index (χ3n) is 3.26. The summed E-state index contributed by atoms with van der Waals surface area (Å²) >= 11 is 0. The van der Waals surface area contributed by atoms with Gasteiger partial charge in [0.2, 0.25) is 5.91 Å². The van der Waals surface area contributed by atoms with E-state index in [1.54, 1.807) is 7.11 Å². The third kappa shape index (κ3) is 4.61. The molecular formula is C17H20N2O2. The predicted molar refractivity (Wildman–Crippen MR) is 82.8 cm³/mol. The van der Waals surface area contributed by atoms with Crippen molar-refractivity contribution >= 4 is 5.91 Å². The molecule has 0 heterocycles. The number of methoxy groups -OCH3 is 1. The van der Waals surface area contributed by atoms with Gasteiger partial charge < -0.3 is 15.8 Å². The molecule has 0 fully saturated rings. The molecule has 0 radical (unpaired) electrons. The van der Waals surface area contributed by atoms with Gasteiger partial charge in [-0.2, -0.15) is 0 Å². The second-order valence-electron chi connectivity index (χ2n) is 4.85. The van der Waals surface area contributed by atoms with Gasteiger partial charge >= 0.3 is 0 Å². The molecule has 4 heteroatoms. The molecule has 0 saturated heterocycles. The van der Waals surface area contributed by atoms with Crippen molar-refractivity contribution in [2.24, 2.45) is 5.73 Å². The number of hydrogen-bond donors (Lipinski definition) is 2. The predicted octanol–water partition coefficient (Wildman–Crippen LogP) is 2.40. The smallest absolute Gasteiger partial charge is 0.222 e. The fourth-order valence-corrected chi connectivity index (χ4v) is 2.07. The van der Waals surface area contributed by atoms with Crippen LogP contribution in [0.2, 0.25) is 0 Å². The molecule has 2 aromatic rings. The molecule has 0 aliphatic rings. The van der Waals surface area contributed by atoms with Crippen molar-refractivity contribution in [3.8, 4) is 5.75 Å². The van der Waals surface area contributed by atoms with Gasteiger partial charge in [0.05, 0.1) is 7.11 Å². The molecule has 0 saturated carbocycles. The van der Waals surface area contributed by atoms with E-state index in [0.29, 0.717) is 6.54 Å². The van der Waals surface area contributed by atoms with Crippen molar-refractivity contribution in [2.75, 3.05) is 7.11 Å². The molecule has 1 amide bonds. The number of amides is 1. The fraction of sp³-hybridized carbons (Fsp3) is 0.235. The first-order chi connectivity index (χ1) is 10.2. The lowest BCUT2D eigenvalue weighted by Gasteiger charge is -2.12. The van der Waals surface area contributed by atoms with E-state index in [9.17, 15) is 4.79 Å². The zero-order valence-corrected chi connectivity index (χ0v) is 12.1. The van der Waals surface area contributed by atoms with E-state index in [1.165, 1.54) is 0 Å². The van der Waals surface area contributed by atoms with Crippen LogP contribution in [0, 0.1) is 0 Å². The van der Waals surface area contributed by atoms with Crippen LogP contribution in [0.3, 0.4) is 0 Å². The summed E-state index contributed by atoms with van der Waals surface area (Å²) < 4.78 is 5.15. The molecule has 0 aliphatic heterocycles. The first kappa shape index (κ1) is 15.1. The number of hydrogen-bond acceptors (Lipinski definition) is 3. The normalized spacial score (nSPS) is 11.7. The lowest BCUT2D eigenvalue weighted by atomic mass is 10.0. The second-order valence-corrected chi connectivity index (χ2v) is 4.85. The number of rotatable bonds is 6. The van der Waals surface area contributed by atoms with Crippen LogP contribution in [0.5, 0.6) is 5.75 Å². The summed E-state index contributed by atoms with van der Waals surface area (Å²) in [4.78, 5) is 11.9. The highest BCUT2D eigenvalue weighted by Crippen LogP contribution is 2.14. The van der Waals surface area contributed by atoms with Crippen molar-refractivity contribution in [2.45, 2.75) is 19.0 Å². The Bertz CT molecular complexity index is 584. The lowest BCUT2D eigenvalue weighted by molar-refractivity contribution is -0.121. The van der Waals surface area contributed by atoms with Gasteiger partial charge in [-0.1, -0.05) is 42.5 Å². The van der Waals surface area contributed by atoms with Gasteiger partial charge in [0, 0.05) is 19.0 Å². The van der Waals surface area contributed by atoms with Crippen LogP contribution >= 0.6 is 0 Å². The summed E-state index contributed by atoms with van der Waals surface area (Å²) in [5.41, 5.74) is 7.99. The minimum absolute atomic E-state index is 0.0610. The molecule has 2 rings (SSSR count). The molecule has 1 atom stereocenters. The monoisotopic (exact) mass is 284 g/mol. The van der Waals surface area contributed by atoms with Crippen molar-refractivity contribution in [1.82, 2.24) is 5.32 Å². The van der Waals surface area contributed by atoms with Gasteiger partial charge in [0.25, 0.3) is 0 Å². The Balaban J connectivity index is 1.84. The largest absolute Gasteiger partial charge is 0.497 e. The summed E-state index contributed by atoms with van der Waals surface area (Å²) in [6.07, 6.45) is 0.272. The van der Waals surface area contributed by atoms with Crippen LogP contribution in [-0.2, 0) is 11.3 Å². The minimum Gasteiger partial charge on any atom is -0.497 e. The van der Waals surface area contributed by atoms with E-state index in [2.05, 4.69) is 5.32 Å². The number of nitrogens with one attached hydrogen (secondary N) is 1. The quantitative estimate of drug-likeness (QED) is 0.856. The van der Waals surface area contributed by atoms with Gasteiger partial charge in [0.1, 0.15) is 5.75 Å². The summed E-state index contributed by atoms with van der Waals surface area (Å²) in [5.74, 6) is 0.719. The molecule has 2 aromatic carbocycles. The number of carbonyl (C=O) groups excluding carboxylic acids is 1. The lowest BCUT2D eigenvalue weighted by Crippen LogP contribution is -2.27. The van der Waals surface area contributed by atoms with Crippen LogP contribution in [0.25, 0.3) is 0 Å². The Labute approximate surface area is 124 Å². The highest BCUT2D eigenvalue weighted by Gasteiger charge is 2.11. The van der Waals surface area contributed by atoms with E-state index < -0.39 is 0 Å². The van der Waals surface area contributed by atoms with Crippen LogP contribution < -0.4 is 15.8 Å². The number of ether oxygens (including phenoxy) is 1.